The molecule has 1 aliphatic rings. The average molecular weight is 282 g/mol. The second-order valence-corrected chi connectivity index (χ2v) is 4.63. The standard InChI is InChI=1S/C14H18O6/c1-3-12(15)19-6-7-20-14(18)10-5-4-9(2)8-11(10)13(16)17/h3,5,9,11H,1,4,6-8H2,2H3,(H,16,17). The second kappa shape index (κ2) is 7.47. The van der Waals surface area contributed by atoms with Gasteiger partial charge in [0.05, 0.1) is 5.92 Å². The smallest absolute Gasteiger partial charge is 0.334 e. The van der Waals surface area contributed by atoms with E-state index in [0.29, 0.717) is 12.8 Å². The number of rotatable bonds is 6. The molecule has 6 nitrogen and oxygen atoms in total. The van der Waals surface area contributed by atoms with Gasteiger partial charge in [-0.25, -0.2) is 9.59 Å². The molecule has 0 spiro atoms. The molecule has 1 N–H and O–H groups in total. The largest absolute Gasteiger partial charge is 0.481 e. The van der Waals surface area contributed by atoms with Crippen LogP contribution in [0.4, 0.5) is 0 Å². The summed E-state index contributed by atoms with van der Waals surface area (Å²) in [5.41, 5.74) is 0.172. The monoisotopic (exact) mass is 282 g/mol. The summed E-state index contributed by atoms with van der Waals surface area (Å²) in [5.74, 6) is -2.91. The van der Waals surface area contributed by atoms with Crippen LogP contribution in [0, 0.1) is 11.8 Å². The zero-order valence-corrected chi connectivity index (χ0v) is 11.3. The molecule has 0 aromatic rings. The highest BCUT2D eigenvalue weighted by Crippen LogP contribution is 2.29. The number of hydrogen-bond acceptors (Lipinski definition) is 5. The molecule has 0 aromatic heterocycles. The van der Waals surface area contributed by atoms with Crippen LogP contribution >= 0.6 is 0 Å². The van der Waals surface area contributed by atoms with Gasteiger partial charge in [-0.2, -0.15) is 0 Å². The van der Waals surface area contributed by atoms with Crippen molar-refractivity contribution >= 4 is 17.9 Å². The van der Waals surface area contributed by atoms with Crippen LogP contribution in [0.3, 0.4) is 0 Å². The van der Waals surface area contributed by atoms with E-state index in [1.807, 2.05) is 6.92 Å². The van der Waals surface area contributed by atoms with Gasteiger partial charge in [-0.05, 0) is 18.8 Å². The Balaban J connectivity index is 2.50. The number of esters is 2. The maximum atomic E-state index is 11.8. The molecule has 0 bridgehead atoms. The molecule has 1 aliphatic carbocycles. The number of hydrogen-bond donors (Lipinski definition) is 1. The Morgan fingerprint density at radius 1 is 1.40 bits per heavy atom. The van der Waals surface area contributed by atoms with Crippen molar-refractivity contribution in [2.24, 2.45) is 11.8 Å². The van der Waals surface area contributed by atoms with Crippen LogP contribution in [0.5, 0.6) is 0 Å². The van der Waals surface area contributed by atoms with E-state index in [1.165, 1.54) is 0 Å². The second-order valence-electron chi connectivity index (χ2n) is 4.63. The molecule has 2 atom stereocenters. The van der Waals surface area contributed by atoms with Crippen molar-refractivity contribution in [3.63, 3.8) is 0 Å². The molecule has 0 aliphatic heterocycles. The Kier molecular flexibility index (Phi) is 5.96. The minimum atomic E-state index is -1.03. The first-order valence-electron chi connectivity index (χ1n) is 6.34. The minimum absolute atomic E-state index is 0.0853. The van der Waals surface area contributed by atoms with Gasteiger partial charge in [-0.3, -0.25) is 4.79 Å². The number of carboxylic acids is 1. The molecule has 6 heteroatoms. The Morgan fingerprint density at radius 2 is 2.05 bits per heavy atom. The van der Waals surface area contributed by atoms with E-state index in [4.69, 9.17) is 9.84 Å². The van der Waals surface area contributed by atoms with E-state index in [1.54, 1.807) is 6.08 Å². The Labute approximate surface area is 117 Å². The van der Waals surface area contributed by atoms with Gasteiger partial charge in [0, 0.05) is 11.6 Å². The number of carboxylic acid groups (broad SMARTS) is 1. The maximum absolute atomic E-state index is 11.8. The Morgan fingerprint density at radius 3 is 2.65 bits per heavy atom. The summed E-state index contributed by atoms with van der Waals surface area (Å²) in [6.45, 7) is 4.96. The predicted octanol–water partition coefficient (Wildman–Crippen LogP) is 1.32. The lowest BCUT2D eigenvalue weighted by Crippen LogP contribution is -2.28. The fourth-order valence-electron chi connectivity index (χ4n) is 1.97. The van der Waals surface area contributed by atoms with E-state index in [0.717, 1.165) is 6.08 Å². The molecule has 20 heavy (non-hydrogen) atoms. The predicted molar refractivity (Wildman–Crippen MR) is 69.7 cm³/mol. The summed E-state index contributed by atoms with van der Waals surface area (Å²) < 4.78 is 9.56. The van der Waals surface area contributed by atoms with Crippen LogP contribution in [0.1, 0.15) is 19.8 Å². The molecule has 0 aromatic carbocycles. The lowest BCUT2D eigenvalue weighted by atomic mass is 9.82. The molecule has 0 fully saturated rings. The Bertz CT molecular complexity index is 437. The van der Waals surface area contributed by atoms with Crippen molar-refractivity contribution in [3.8, 4) is 0 Å². The zero-order valence-electron chi connectivity index (χ0n) is 11.3. The van der Waals surface area contributed by atoms with Gasteiger partial charge in [-0.1, -0.05) is 19.6 Å². The minimum Gasteiger partial charge on any atom is -0.481 e. The molecule has 0 radical (unpaired) electrons. The third-order valence-corrected chi connectivity index (χ3v) is 3.01. The summed E-state index contributed by atoms with van der Waals surface area (Å²) in [6.07, 6.45) is 3.69. The summed E-state index contributed by atoms with van der Waals surface area (Å²) in [6, 6.07) is 0. The van der Waals surface area contributed by atoms with Crippen LogP contribution in [0.2, 0.25) is 0 Å². The van der Waals surface area contributed by atoms with E-state index >= 15 is 0 Å². The van der Waals surface area contributed by atoms with Crippen LogP contribution < -0.4 is 0 Å². The fourth-order valence-corrected chi connectivity index (χ4v) is 1.97. The van der Waals surface area contributed by atoms with Crippen LogP contribution in [-0.4, -0.2) is 36.2 Å². The van der Waals surface area contributed by atoms with Gasteiger partial charge in [0.2, 0.25) is 0 Å². The fraction of sp³-hybridized carbons (Fsp3) is 0.500. The normalized spacial score (nSPS) is 21.6. The number of carbonyl (C=O) groups is 3. The van der Waals surface area contributed by atoms with Gasteiger partial charge in [0.15, 0.2) is 0 Å². The summed E-state index contributed by atoms with van der Waals surface area (Å²) in [4.78, 5) is 33.7. The van der Waals surface area contributed by atoms with E-state index in [2.05, 4.69) is 11.3 Å². The van der Waals surface area contributed by atoms with Crippen molar-refractivity contribution in [1.82, 2.24) is 0 Å². The molecule has 2 unspecified atom stereocenters. The summed E-state index contributed by atoms with van der Waals surface area (Å²) >= 11 is 0. The highest BCUT2D eigenvalue weighted by Gasteiger charge is 2.32. The van der Waals surface area contributed by atoms with Crippen molar-refractivity contribution in [1.29, 1.82) is 0 Å². The summed E-state index contributed by atoms with van der Waals surface area (Å²) in [5, 5.41) is 9.12. The van der Waals surface area contributed by atoms with Crippen molar-refractivity contribution in [2.75, 3.05) is 13.2 Å². The SMILES string of the molecule is C=CC(=O)OCCOC(=O)C1=CCC(C)CC1C(=O)O. The summed E-state index contributed by atoms with van der Waals surface area (Å²) in [7, 11) is 0. The first kappa shape index (κ1) is 15.9. The third-order valence-electron chi connectivity index (χ3n) is 3.01. The molecule has 0 heterocycles. The molecular weight excluding hydrogens is 264 g/mol. The molecule has 0 saturated heterocycles. The molecule has 1 rings (SSSR count). The average Bonchev–Trinajstić information content (AvgIpc) is 2.42. The van der Waals surface area contributed by atoms with E-state index < -0.39 is 23.8 Å². The molecule has 0 amide bonds. The zero-order chi connectivity index (χ0) is 15.1. The van der Waals surface area contributed by atoms with Crippen molar-refractivity contribution < 1.29 is 29.0 Å². The third kappa shape index (κ3) is 4.53. The Hall–Kier alpha value is -2.11. The van der Waals surface area contributed by atoms with Gasteiger partial charge >= 0.3 is 17.9 Å². The van der Waals surface area contributed by atoms with Crippen LogP contribution in [0.15, 0.2) is 24.3 Å². The van der Waals surface area contributed by atoms with Gasteiger partial charge in [-0.15, -0.1) is 0 Å². The topological polar surface area (TPSA) is 89.9 Å². The molecular formula is C14H18O6. The number of aliphatic carboxylic acids is 1. The maximum Gasteiger partial charge on any atom is 0.334 e. The lowest BCUT2D eigenvalue weighted by molar-refractivity contribution is -0.149. The van der Waals surface area contributed by atoms with E-state index in [9.17, 15) is 14.4 Å². The van der Waals surface area contributed by atoms with Crippen LogP contribution in [-0.2, 0) is 23.9 Å². The quantitative estimate of drug-likeness (QED) is 0.449. The number of allylic oxidation sites excluding steroid dienone is 1. The first-order chi connectivity index (χ1) is 9.45. The van der Waals surface area contributed by atoms with Gasteiger partial charge in [0.25, 0.3) is 0 Å². The van der Waals surface area contributed by atoms with Crippen molar-refractivity contribution in [3.05, 3.63) is 24.3 Å². The van der Waals surface area contributed by atoms with E-state index in [-0.39, 0.29) is 24.7 Å². The highest BCUT2D eigenvalue weighted by molar-refractivity contribution is 5.95. The van der Waals surface area contributed by atoms with Gasteiger partial charge < -0.3 is 14.6 Å². The highest BCUT2D eigenvalue weighted by atomic mass is 16.6. The molecule has 0 saturated carbocycles. The first-order valence-corrected chi connectivity index (χ1v) is 6.34. The lowest BCUT2D eigenvalue weighted by Gasteiger charge is -2.23. The van der Waals surface area contributed by atoms with Gasteiger partial charge in [0.1, 0.15) is 13.2 Å². The number of carbonyl (C=O) groups excluding carboxylic acids is 2. The van der Waals surface area contributed by atoms with Crippen LogP contribution in [0.25, 0.3) is 0 Å². The number of ether oxygens (including phenoxy) is 2. The molecule has 110 valence electrons. The van der Waals surface area contributed by atoms with Crippen molar-refractivity contribution in [2.45, 2.75) is 19.8 Å².